The van der Waals surface area contributed by atoms with E-state index in [-0.39, 0.29) is 10.9 Å². The smallest absolute Gasteiger partial charge is 0.222 e. The summed E-state index contributed by atoms with van der Waals surface area (Å²) in [6, 6.07) is 0. The summed E-state index contributed by atoms with van der Waals surface area (Å²) >= 11 is 6.47. The Labute approximate surface area is 124 Å². The number of rotatable bonds is 6. The second-order valence-corrected chi connectivity index (χ2v) is 13.0. The normalized spacial score (nSPS) is 16.1. The highest BCUT2D eigenvalue weighted by Crippen LogP contribution is 2.37. The molecule has 0 fully saturated rings. The quantitative estimate of drug-likeness (QED) is 0.550. The van der Waals surface area contributed by atoms with E-state index in [9.17, 15) is 4.79 Å². The average Bonchev–Trinajstić information content (AvgIpc) is 2.22. The van der Waals surface area contributed by atoms with Crippen LogP contribution in [0, 0.1) is 0 Å². The minimum Gasteiger partial charge on any atom is -0.415 e. The standard InChI is InChI=1S/C14H30ClNO2Si/c1-13(2,3)19(7,8)18-11-14(4,15)10-9-12(17)16(5)6/h9-11H2,1-8H3. The zero-order valence-corrected chi connectivity index (χ0v) is 15.5. The van der Waals surface area contributed by atoms with Crippen LogP contribution in [0.2, 0.25) is 18.1 Å². The molecule has 0 aliphatic carbocycles. The van der Waals surface area contributed by atoms with Crippen LogP contribution in [0.3, 0.4) is 0 Å². The van der Waals surface area contributed by atoms with Gasteiger partial charge in [-0.05, 0) is 31.5 Å². The first-order chi connectivity index (χ1) is 8.28. The Kier molecular flexibility index (Phi) is 6.57. The molecule has 0 aliphatic heterocycles. The molecule has 0 aliphatic rings. The lowest BCUT2D eigenvalue weighted by Gasteiger charge is -2.38. The third kappa shape index (κ3) is 6.77. The molecule has 114 valence electrons. The number of halogens is 1. The van der Waals surface area contributed by atoms with Crippen LogP contribution in [0.1, 0.15) is 40.5 Å². The number of carbonyl (C=O) groups is 1. The second-order valence-electron chi connectivity index (χ2n) is 7.25. The molecule has 0 saturated carbocycles. The molecule has 0 aromatic heterocycles. The molecule has 1 unspecified atom stereocenters. The number of amides is 1. The van der Waals surface area contributed by atoms with E-state index in [4.69, 9.17) is 16.0 Å². The summed E-state index contributed by atoms with van der Waals surface area (Å²) in [5.74, 6) is 0.110. The summed E-state index contributed by atoms with van der Waals surface area (Å²) in [4.78, 5) is 12.7. The zero-order valence-electron chi connectivity index (χ0n) is 13.8. The lowest BCUT2D eigenvalue weighted by Crippen LogP contribution is -2.44. The molecule has 19 heavy (non-hydrogen) atoms. The van der Waals surface area contributed by atoms with Crippen molar-refractivity contribution in [3.8, 4) is 0 Å². The molecular weight excluding hydrogens is 278 g/mol. The molecule has 5 heteroatoms. The highest BCUT2D eigenvalue weighted by Gasteiger charge is 2.38. The lowest BCUT2D eigenvalue weighted by atomic mass is 10.1. The van der Waals surface area contributed by atoms with Gasteiger partial charge in [0.1, 0.15) is 0 Å². The van der Waals surface area contributed by atoms with Crippen LogP contribution in [0.15, 0.2) is 0 Å². The van der Waals surface area contributed by atoms with E-state index in [0.717, 1.165) is 0 Å². The van der Waals surface area contributed by atoms with Crippen molar-refractivity contribution >= 4 is 25.8 Å². The zero-order chi connectivity index (χ0) is 15.5. The number of hydrogen-bond donors (Lipinski definition) is 0. The van der Waals surface area contributed by atoms with Gasteiger partial charge in [-0.15, -0.1) is 11.6 Å². The van der Waals surface area contributed by atoms with Crippen LogP contribution in [-0.4, -0.2) is 44.7 Å². The van der Waals surface area contributed by atoms with E-state index in [1.807, 2.05) is 6.92 Å². The van der Waals surface area contributed by atoms with Crippen LogP contribution in [-0.2, 0) is 9.22 Å². The lowest BCUT2D eigenvalue weighted by molar-refractivity contribution is -0.128. The Morgan fingerprint density at radius 3 is 2.05 bits per heavy atom. The average molecular weight is 308 g/mol. The van der Waals surface area contributed by atoms with Crippen molar-refractivity contribution in [1.29, 1.82) is 0 Å². The van der Waals surface area contributed by atoms with Gasteiger partial charge in [0.25, 0.3) is 0 Å². The number of alkyl halides is 1. The van der Waals surface area contributed by atoms with Crippen LogP contribution < -0.4 is 0 Å². The summed E-state index contributed by atoms with van der Waals surface area (Å²) in [5.41, 5.74) is 0. The summed E-state index contributed by atoms with van der Waals surface area (Å²) in [5, 5.41) is 0.180. The highest BCUT2D eigenvalue weighted by molar-refractivity contribution is 6.74. The molecule has 0 aromatic carbocycles. The maximum atomic E-state index is 11.6. The molecule has 0 bridgehead atoms. The Balaban J connectivity index is 4.35. The van der Waals surface area contributed by atoms with Crippen LogP contribution in [0.5, 0.6) is 0 Å². The molecule has 3 nitrogen and oxygen atoms in total. The van der Waals surface area contributed by atoms with Gasteiger partial charge in [-0.2, -0.15) is 0 Å². The Hall–Kier alpha value is -0.0631. The molecule has 1 atom stereocenters. The maximum Gasteiger partial charge on any atom is 0.222 e. The first kappa shape index (κ1) is 18.9. The van der Waals surface area contributed by atoms with Gasteiger partial charge in [0.15, 0.2) is 8.32 Å². The van der Waals surface area contributed by atoms with Crippen LogP contribution in [0.25, 0.3) is 0 Å². The summed E-state index contributed by atoms with van der Waals surface area (Å²) in [7, 11) is 1.76. The molecule has 1 amide bonds. The monoisotopic (exact) mass is 307 g/mol. The molecule has 0 rings (SSSR count). The summed E-state index contributed by atoms with van der Waals surface area (Å²) in [6.07, 6.45) is 1.11. The van der Waals surface area contributed by atoms with Crippen molar-refractivity contribution < 1.29 is 9.22 Å². The third-order valence-corrected chi connectivity index (χ3v) is 8.68. The Morgan fingerprint density at radius 2 is 1.68 bits per heavy atom. The number of carbonyl (C=O) groups excluding carboxylic acids is 1. The van der Waals surface area contributed by atoms with Gasteiger partial charge < -0.3 is 9.33 Å². The van der Waals surface area contributed by atoms with Crippen molar-refractivity contribution in [3.05, 3.63) is 0 Å². The fourth-order valence-corrected chi connectivity index (χ4v) is 2.56. The van der Waals surface area contributed by atoms with Crippen molar-refractivity contribution in [2.24, 2.45) is 0 Å². The van der Waals surface area contributed by atoms with Gasteiger partial charge in [0, 0.05) is 20.5 Å². The van der Waals surface area contributed by atoms with E-state index < -0.39 is 13.2 Å². The molecule has 0 N–H and O–H groups in total. The van der Waals surface area contributed by atoms with Gasteiger partial charge in [-0.3, -0.25) is 4.79 Å². The molecule has 0 heterocycles. The number of nitrogens with zero attached hydrogens (tertiary/aromatic N) is 1. The molecule has 0 spiro atoms. The highest BCUT2D eigenvalue weighted by atomic mass is 35.5. The van der Waals surface area contributed by atoms with E-state index in [0.29, 0.717) is 19.4 Å². The minimum absolute atomic E-state index is 0.110. The van der Waals surface area contributed by atoms with Gasteiger partial charge in [-0.25, -0.2) is 0 Å². The Morgan fingerprint density at radius 1 is 1.21 bits per heavy atom. The largest absolute Gasteiger partial charge is 0.415 e. The molecule has 0 radical (unpaired) electrons. The van der Waals surface area contributed by atoms with Gasteiger partial charge >= 0.3 is 0 Å². The predicted octanol–water partition coefficient (Wildman–Crippen LogP) is 3.87. The molecule has 0 aromatic rings. The fourth-order valence-electron chi connectivity index (χ4n) is 1.21. The van der Waals surface area contributed by atoms with Crippen molar-refractivity contribution in [2.45, 2.75) is 63.5 Å². The first-order valence-corrected chi connectivity index (χ1v) is 10.1. The Bertz CT molecular complexity index is 309. The van der Waals surface area contributed by atoms with Crippen molar-refractivity contribution in [1.82, 2.24) is 4.90 Å². The van der Waals surface area contributed by atoms with Gasteiger partial charge in [0.05, 0.1) is 11.5 Å². The summed E-state index contributed by atoms with van der Waals surface area (Å²) < 4.78 is 6.13. The summed E-state index contributed by atoms with van der Waals surface area (Å²) in [6.45, 7) is 13.5. The van der Waals surface area contributed by atoms with E-state index in [1.54, 1.807) is 19.0 Å². The topological polar surface area (TPSA) is 29.5 Å². The van der Waals surface area contributed by atoms with E-state index in [2.05, 4.69) is 33.9 Å². The van der Waals surface area contributed by atoms with E-state index in [1.165, 1.54) is 0 Å². The number of hydrogen-bond acceptors (Lipinski definition) is 2. The maximum absolute atomic E-state index is 11.6. The van der Waals surface area contributed by atoms with Gasteiger partial charge in [0.2, 0.25) is 5.91 Å². The van der Waals surface area contributed by atoms with Crippen LogP contribution >= 0.6 is 11.6 Å². The SMILES string of the molecule is CN(C)C(=O)CCC(C)(Cl)CO[Si](C)(C)C(C)(C)C. The van der Waals surface area contributed by atoms with E-state index >= 15 is 0 Å². The van der Waals surface area contributed by atoms with Crippen LogP contribution in [0.4, 0.5) is 0 Å². The second kappa shape index (κ2) is 6.59. The third-order valence-electron chi connectivity index (χ3n) is 3.90. The predicted molar refractivity (Wildman–Crippen MR) is 85.3 cm³/mol. The molecular formula is C14H30ClNO2Si. The minimum atomic E-state index is -1.77. The van der Waals surface area contributed by atoms with Crippen molar-refractivity contribution in [2.75, 3.05) is 20.7 Å². The van der Waals surface area contributed by atoms with Crippen molar-refractivity contribution in [3.63, 3.8) is 0 Å². The van der Waals surface area contributed by atoms with Gasteiger partial charge in [-0.1, -0.05) is 20.8 Å². The first-order valence-electron chi connectivity index (χ1n) is 6.81. The fraction of sp³-hybridized carbons (Fsp3) is 0.929. The molecule has 0 saturated heterocycles.